The van der Waals surface area contributed by atoms with Crippen LogP contribution in [-0.4, -0.2) is 29.5 Å². The number of nitro benzene ring substituents is 1. The molecule has 0 unspecified atom stereocenters. The summed E-state index contributed by atoms with van der Waals surface area (Å²) in [6, 6.07) is 8.96. The molecule has 1 aromatic carbocycles. The molecule has 2 aromatic rings. The minimum atomic E-state index is -0.584. The zero-order valence-electron chi connectivity index (χ0n) is 11.8. The van der Waals surface area contributed by atoms with Gasteiger partial charge < -0.3 is 9.73 Å². The number of hydrogen-bond acceptors (Lipinski definition) is 6. The highest BCUT2D eigenvalue weighted by molar-refractivity contribution is 5.94. The van der Waals surface area contributed by atoms with Gasteiger partial charge in [-0.15, -0.1) is 0 Å². The number of rotatable bonds is 6. The van der Waals surface area contributed by atoms with E-state index in [1.165, 1.54) is 30.5 Å². The first kappa shape index (κ1) is 15.9. The minimum absolute atomic E-state index is 0.0845. The van der Waals surface area contributed by atoms with Crippen LogP contribution in [0.5, 0.6) is 0 Å². The third kappa shape index (κ3) is 4.49. The van der Waals surface area contributed by atoms with Gasteiger partial charge in [0.25, 0.3) is 17.5 Å². The van der Waals surface area contributed by atoms with E-state index in [0.717, 1.165) is 6.21 Å². The maximum absolute atomic E-state index is 11.5. The molecule has 23 heavy (non-hydrogen) atoms. The number of benzene rings is 1. The van der Waals surface area contributed by atoms with Gasteiger partial charge in [-0.25, -0.2) is 5.43 Å². The fourth-order valence-electron chi connectivity index (χ4n) is 1.63. The van der Waals surface area contributed by atoms with E-state index in [2.05, 4.69) is 15.8 Å². The molecule has 0 fully saturated rings. The Hall–Kier alpha value is -3.49. The van der Waals surface area contributed by atoms with Crippen molar-refractivity contribution in [2.75, 3.05) is 6.54 Å². The van der Waals surface area contributed by atoms with Crippen molar-refractivity contribution in [3.63, 3.8) is 0 Å². The molecule has 118 valence electrons. The second-order valence-electron chi connectivity index (χ2n) is 4.27. The van der Waals surface area contributed by atoms with Gasteiger partial charge in [-0.2, -0.15) is 5.10 Å². The molecule has 0 radical (unpaired) electrons. The van der Waals surface area contributed by atoms with Gasteiger partial charge in [-0.1, -0.05) is 12.1 Å². The van der Waals surface area contributed by atoms with E-state index in [0.29, 0.717) is 0 Å². The van der Waals surface area contributed by atoms with Gasteiger partial charge in [-0.3, -0.25) is 19.7 Å². The van der Waals surface area contributed by atoms with Crippen LogP contribution in [0.25, 0.3) is 0 Å². The van der Waals surface area contributed by atoms with E-state index < -0.39 is 16.7 Å². The summed E-state index contributed by atoms with van der Waals surface area (Å²) < 4.78 is 4.86. The highest BCUT2D eigenvalue weighted by Gasteiger charge is 2.11. The van der Waals surface area contributed by atoms with E-state index in [4.69, 9.17) is 4.42 Å². The molecule has 2 N–H and O–H groups in total. The molecule has 0 saturated heterocycles. The summed E-state index contributed by atoms with van der Waals surface area (Å²) in [4.78, 5) is 33.3. The van der Waals surface area contributed by atoms with Crippen molar-refractivity contribution in [2.24, 2.45) is 5.10 Å². The molecule has 2 rings (SSSR count). The number of hydrogen-bond donors (Lipinski definition) is 2. The summed E-state index contributed by atoms with van der Waals surface area (Å²) in [5.41, 5.74) is 2.28. The number of nitro groups is 1. The van der Waals surface area contributed by atoms with E-state index in [1.54, 1.807) is 12.1 Å². The van der Waals surface area contributed by atoms with Crippen LogP contribution in [0.2, 0.25) is 0 Å². The van der Waals surface area contributed by atoms with Crippen LogP contribution in [0.3, 0.4) is 0 Å². The summed E-state index contributed by atoms with van der Waals surface area (Å²) in [5.74, 6) is -1.03. The Labute approximate surface area is 130 Å². The summed E-state index contributed by atoms with van der Waals surface area (Å²) in [5, 5.41) is 16.8. The molecule has 0 bridgehead atoms. The van der Waals surface area contributed by atoms with Crippen molar-refractivity contribution in [1.29, 1.82) is 0 Å². The lowest BCUT2D eigenvalue weighted by Crippen LogP contribution is -2.34. The molecule has 0 atom stereocenters. The monoisotopic (exact) mass is 316 g/mol. The molecule has 1 aromatic heterocycles. The third-order valence-electron chi connectivity index (χ3n) is 2.68. The van der Waals surface area contributed by atoms with Crippen molar-refractivity contribution >= 4 is 23.7 Å². The Kier molecular flexibility index (Phi) is 5.18. The van der Waals surface area contributed by atoms with Gasteiger partial charge in [-0.05, 0) is 18.2 Å². The molecule has 0 saturated carbocycles. The van der Waals surface area contributed by atoms with E-state index in [9.17, 15) is 19.7 Å². The van der Waals surface area contributed by atoms with Gasteiger partial charge in [0.1, 0.15) is 0 Å². The molecule has 9 heteroatoms. The second-order valence-corrected chi connectivity index (χ2v) is 4.27. The van der Waals surface area contributed by atoms with Crippen LogP contribution in [-0.2, 0) is 4.79 Å². The smallest absolute Gasteiger partial charge is 0.287 e. The van der Waals surface area contributed by atoms with E-state index in [-0.39, 0.29) is 23.6 Å². The summed E-state index contributed by atoms with van der Waals surface area (Å²) >= 11 is 0. The number of carbonyl (C=O) groups is 2. The lowest BCUT2D eigenvalue weighted by molar-refractivity contribution is -0.385. The first-order valence-electron chi connectivity index (χ1n) is 6.45. The Bertz CT molecular complexity index is 739. The third-order valence-corrected chi connectivity index (χ3v) is 2.68. The number of nitrogens with one attached hydrogen (secondary N) is 2. The summed E-state index contributed by atoms with van der Waals surface area (Å²) in [6.07, 6.45) is 2.50. The average Bonchev–Trinajstić information content (AvgIpc) is 3.07. The first-order chi connectivity index (χ1) is 11.1. The SMILES string of the molecule is O=C(CNC(=O)c1ccco1)NN=Cc1ccccc1[N+](=O)[O-]. The Morgan fingerprint density at radius 3 is 2.74 bits per heavy atom. The Morgan fingerprint density at radius 1 is 1.26 bits per heavy atom. The average molecular weight is 316 g/mol. The van der Waals surface area contributed by atoms with Crippen molar-refractivity contribution in [3.05, 3.63) is 64.1 Å². The molecule has 1 heterocycles. The maximum atomic E-state index is 11.5. The normalized spacial score (nSPS) is 10.4. The number of hydrazone groups is 1. The lowest BCUT2D eigenvalue weighted by atomic mass is 10.2. The van der Waals surface area contributed by atoms with Crippen LogP contribution < -0.4 is 10.7 Å². The predicted octanol–water partition coefficient (Wildman–Crippen LogP) is 1.07. The molecular formula is C14H12N4O5. The zero-order chi connectivity index (χ0) is 16.7. The predicted molar refractivity (Wildman–Crippen MR) is 79.9 cm³/mol. The molecule has 0 aliphatic carbocycles. The largest absolute Gasteiger partial charge is 0.459 e. The number of furan rings is 1. The van der Waals surface area contributed by atoms with E-state index in [1.807, 2.05) is 0 Å². The standard InChI is InChI=1S/C14H12N4O5/c19-13(9-15-14(20)12-6-3-7-23-12)17-16-8-10-4-1-2-5-11(10)18(21)22/h1-8H,9H2,(H,15,20)(H,17,19). The first-order valence-corrected chi connectivity index (χ1v) is 6.45. The number of para-hydroxylation sites is 1. The molecule has 0 aliphatic rings. The zero-order valence-corrected chi connectivity index (χ0v) is 11.8. The van der Waals surface area contributed by atoms with Crippen LogP contribution in [0.15, 0.2) is 52.2 Å². The van der Waals surface area contributed by atoms with Crippen LogP contribution in [0.1, 0.15) is 16.1 Å². The Morgan fingerprint density at radius 2 is 2.04 bits per heavy atom. The van der Waals surface area contributed by atoms with Crippen LogP contribution in [0.4, 0.5) is 5.69 Å². The quantitative estimate of drug-likeness (QED) is 0.468. The molecule has 2 amide bonds. The topological polar surface area (TPSA) is 127 Å². The minimum Gasteiger partial charge on any atom is -0.459 e. The highest BCUT2D eigenvalue weighted by Crippen LogP contribution is 2.14. The highest BCUT2D eigenvalue weighted by atomic mass is 16.6. The van der Waals surface area contributed by atoms with Gasteiger partial charge in [0, 0.05) is 6.07 Å². The Balaban J connectivity index is 1.85. The van der Waals surface area contributed by atoms with Crippen molar-refractivity contribution < 1.29 is 18.9 Å². The number of nitrogens with zero attached hydrogens (tertiary/aromatic N) is 2. The summed E-state index contributed by atoms with van der Waals surface area (Å²) in [7, 11) is 0. The van der Waals surface area contributed by atoms with Crippen molar-refractivity contribution in [3.8, 4) is 0 Å². The fraction of sp³-hybridized carbons (Fsp3) is 0.0714. The van der Waals surface area contributed by atoms with E-state index >= 15 is 0 Å². The summed E-state index contributed by atoms with van der Waals surface area (Å²) in [6.45, 7) is -0.312. The van der Waals surface area contributed by atoms with Gasteiger partial charge in [0.15, 0.2) is 5.76 Å². The molecular weight excluding hydrogens is 304 g/mol. The van der Waals surface area contributed by atoms with Gasteiger partial charge >= 0.3 is 0 Å². The molecule has 9 nitrogen and oxygen atoms in total. The number of amides is 2. The molecule has 0 aliphatic heterocycles. The number of carbonyl (C=O) groups excluding carboxylic acids is 2. The fourth-order valence-corrected chi connectivity index (χ4v) is 1.63. The van der Waals surface area contributed by atoms with Crippen molar-refractivity contribution in [2.45, 2.75) is 0 Å². The van der Waals surface area contributed by atoms with Crippen LogP contribution in [0, 0.1) is 10.1 Å². The van der Waals surface area contributed by atoms with Gasteiger partial charge in [0.05, 0.1) is 29.5 Å². The van der Waals surface area contributed by atoms with Crippen molar-refractivity contribution in [1.82, 2.24) is 10.7 Å². The van der Waals surface area contributed by atoms with Gasteiger partial charge in [0.2, 0.25) is 0 Å². The molecule has 0 spiro atoms. The van der Waals surface area contributed by atoms with Crippen LogP contribution >= 0.6 is 0 Å². The lowest BCUT2D eigenvalue weighted by Gasteiger charge is -2.01. The maximum Gasteiger partial charge on any atom is 0.287 e. The second kappa shape index (κ2) is 7.50.